The molecule has 1 aromatic heterocycles. The zero-order valence-corrected chi connectivity index (χ0v) is 22.1. The molecule has 2 atom stereocenters. The molecular formula is C25H24BrCl2N3O4. The highest BCUT2D eigenvalue weighted by atomic mass is 79.9. The number of aliphatic imine (C=N–C) groups is 1. The van der Waals surface area contributed by atoms with Crippen LogP contribution in [0.1, 0.15) is 48.0 Å². The van der Waals surface area contributed by atoms with Crippen LogP contribution in [-0.4, -0.2) is 46.3 Å². The minimum Gasteiger partial charge on any atom is -0.467 e. The Bertz CT molecular complexity index is 1160. The lowest BCUT2D eigenvalue weighted by Crippen LogP contribution is -2.61. The van der Waals surface area contributed by atoms with E-state index in [2.05, 4.69) is 26.2 Å². The van der Waals surface area contributed by atoms with Crippen molar-refractivity contribution < 1.29 is 19.1 Å². The maximum atomic E-state index is 12.7. The second kappa shape index (κ2) is 10.8. The summed E-state index contributed by atoms with van der Waals surface area (Å²) >= 11 is 15.6. The van der Waals surface area contributed by atoms with Gasteiger partial charge in [0.15, 0.2) is 11.8 Å². The number of methoxy groups -OCH3 is 1. The van der Waals surface area contributed by atoms with Gasteiger partial charge in [-0.25, -0.2) is 4.79 Å². The summed E-state index contributed by atoms with van der Waals surface area (Å²) in [7, 11) is 1.33. The van der Waals surface area contributed by atoms with Gasteiger partial charge in [-0.1, -0.05) is 70.5 Å². The number of benzene rings is 1. The molecule has 1 unspecified atom stereocenters. The molecule has 1 amide bonds. The van der Waals surface area contributed by atoms with Gasteiger partial charge in [-0.15, -0.1) is 0 Å². The normalized spacial score (nSPS) is 20.9. The van der Waals surface area contributed by atoms with E-state index in [-0.39, 0.29) is 21.4 Å². The van der Waals surface area contributed by atoms with Crippen molar-refractivity contribution in [1.82, 2.24) is 4.98 Å². The number of ether oxygens (including phenoxy) is 1. The smallest absolute Gasteiger partial charge is 0.330 e. The van der Waals surface area contributed by atoms with Gasteiger partial charge in [-0.05, 0) is 30.5 Å². The zero-order chi connectivity index (χ0) is 25.2. The first-order valence-corrected chi connectivity index (χ1v) is 13.0. The minimum atomic E-state index is -0.767. The average Bonchev–Trinajstić information content (AvgIpc) is 2.86. The number of Topliss-reactive ketones (excluding diaryl/α,β-unsaturated/α-hetero) is 1. The van der Waals surface area contributed by atoms with Gasteiger partial charge >= 0.3 is 5.97 Å². The van der Waals surface area contributed by atoms with Crippen molar-refractivity contribution in [3.05, 3.63) is 57.8 Å². The summed E-state index contributed by atoms with van der Waals surface area (Å²) in [6, 6.07) is 6.28. The Morgan fingerprint density at radius 2 is 1.80 bits per heavy atom. The Morgan fingerprint density at radius 1 is 1.17 bits per heavy atom. The van der Waals surface area contributed by atoms with E-state index in [0.29, 0.717) is 12.1 Å². The number of nitrogens with one attached hydrogen (secondary N) is 1. The molecule has 7 nitrogen and oxygen atoms in total. The molecule has 1 heterocycles. The van der Waals surface area contributed by atoms with Crippen molar-refractivity contribution in [3.8, 4) is 0 Å². The van der Waals surface area contributed by atoms with Crippen LogP contribution in [0.25, 0.3) is 0 Å². The number of pyridine rings is 1. The number of amides is 1. The summed E-state index contributed by atoms with van der Waals surface area (Å²) in [5.41, 5.74) is 1.73. The number of anilines is 1. The Morgan fingerprint density at radius 3 is 2.40 bits per heavy atom. The van der Waals surface area contributed by atoms with Crippen molar-refractivity contribution in [3.63, 3.8) is 0 Å². The number of alkyl halides is 1. The molecule has 2 aliphatic carbocycles. The molecule has 4 rings (SSSR count). The van der Waals surface area contributed by atoms with Crippen molar-refractivity contribution in [1.29, 1.82) is 0 Å². The van der Waals surface area contributed by atoms with Gasteiger partial charge in [0.1, 0.15) is 4.83 Å². The fraction of sp³-hybridized carbons (Fsp3) is 0.400. The number of ketones is 1. The van der Waals surface area contributed by atoms with E-state index in [0.717, 1.165) is 43.4 Å². The second-order valence-corrected chi connectivity index (χ2v) is 10.5. The molecule has 1 aromatic carbocycles. The highest BCUT2D eigenvalue weighted by Gasteiger charge is 2.58. The number of rotatable bonds is 6. The molecule has 2 fully saturated rings. The highest BCUT2D eigenvalue weighted by molar-refractivity contribution is 9.10. The first kappa shape index (κ1) is 25.8. The summed E-state index contributed by atoms with van der Waals surface area (Å²) in [5.74, 6) is -0.749. The number of carbonyl (C=O) groups excluding carboxylic acids is 3. The number of esters is 1. The molecule has 2 aromatic rings. The van der Waals surface area contributed by atoms with Crippen molar-refractivity contribution in [2.75, 3.05) is 12.4 Å². The summed E-state index contributed by atoms with van der Waals surface area (Å²) in [4.78, 5) is 46.0. The fourth-order valence-electron chi connectivity index (χ4n) is 4.76. The number of nitrogens with zero attached hydrogens (tertiary/aromatic N) is 2. The molecule has 0 saturated heterocycles. The van der Waals surface area contributed by atoms with Crippen LogP contribution in [-0.2, 0) is 20.7 Å². The van der Waals surface area contributed by atoms with Gasteiger partial charge in [-0.3, -0.25) is 19.6 Å². The van der Waals surface area contributed by atoms with Crippen LogP contribution >= 0.6 is 39.1 Å². The molecule has 35 heavy (non-hydrogen) atoms. The molecular weight excluding hydrogens is 557 g/mol. The second-order valence-electron chi connectivity index (χ2n) is 8.76. The summed E-state index contributed by atoms with van der Waals surface area (Å²) in [6.07, 6.45) is 7.64. The predicted molar refractivity (Wildman–Crippen MR) is 139 cm³/mol. The van der Waals surface area contributed by atoms with Gasteiger partial charge in [0.05, 0.1) is 28.1 Å². The van der Waals surface area contributed by atoms with Crippen LogP contribution in [0.3, 0.4) is 0 Å². The molecule has 2 saturated carbocycles. The van der Waals surface area contributed by atoms with Crippen molar-refractivity contribution >= 4 is 68.2 Å². The third-order valence-electron chi connectivity index (χ3n) is 6.63. The lowest BCUT2D eigenvalue weighted by atomic mass is 9.58. The first-order valence-electron chi connectivity index (χ1n) is 11.3. The predicted octanol–water partition coefficient (Wildman–Crippen LogP) is 5.46. The van der Waals surface area contributed by atoms with Crippen LogP contribution in [0.2, 0.25) is 10.0 Å². The van der Waals surface area contributed by atoms with E-state index in [1.807, 2.05) is 0 Å². The number of carbonyl (C=O) groups is 3. The maximum Gasteiger partial charge on any atom is 0.330 e. The lowest BCUT2D eigenvalue weighted by molar-refractivity contribution is -0.142. The van der Waals surface area contributed by atoms with Crippen LogP contribution in [0.5, 0.6) is 0 Å². The van der Waals surface area contributed by atoms with Gasteiger partial charge in [0.25, 0.3) is 5.91 Å². The highest BCUT2D eigenvalue weighted by Crippen LogP contribution is 2.49. The lowest BCUT2D eigenvalue weighted by Gasteiger charge is -2.47. The molecule has 0 radical (unpaired) electrons. The van der Waals surface area contributed by atoms with E-state index < -0.39 is 28.2 Å². The largest absolute Gasteiger partial charge is 0.467 e. The number of halogens is 3. The van der Waals surface area contributed by atoms with Gasteiger partial charge in [0, 0.05) is 30.2 Å². The van der Waals surface area contributed by atoms with Crippen LogP contribution < -0.4 is 5.32 Å². The first-order chi connectivity index (χ1) is 16.8. The van der Waals surface area contributed by atoms with Gasteiger partial charge < -0.3 is 10.1 Å². The van der Waals surface area contributed by atoms with E-state index in [9.17, 15) is 14.4 Å². The SMILES string of the molecule is COC(=O)[C@H](Cc1ccc(NC(=O)c2c(Cl)cncc2Cl)cc1)N=C1C(Br)C(=O)C12CCCCC2. The molecule has 0 aliphatic heterocycles. The Balaban J connectivity index is 1.50. The van der Waals surface area contributed by atoms with Crippen molar-refractivity contribution in [2.45, 2.75) is 49.4 Å². The minimum absolute atomic E-state index is 0.144. The molecule has 1 N–H and O–H groups in total. The third-order valence-corrected chi connectivity index (χ3v) is 8.05. The molecule has 0 bridgehead atoms. The monoisotopic (exact) mass is 579 g/mol. The number of hydrogen-bond acceptors (Lipinski definition) is 6. The molecule has 1 spiro atoms. The number of aromatic nitrogens is 1. The van der Waals surface area contributed by atoms with E-state index in [4.69, 9.17) is 32.9 Å². The molecule has 184 valence electrons. The number of hydrogen-bond donors (Lipinski definition) is 1. The van der Waals surface area contributed by atoms with Crippen molar-refractivity contribution in [2.24, 2.45) is 10.4 Å². The standard InChI is InChI=1S/C25H24BrCl2N3O4/c1-35-24(34)18(31-21-20(26)22(32)25(21)9-3-2-4-10-25)11-14-5-7-15(8-6-14)30-23(33)19-16(27)12-29-13-17(19)28/h5-8,12-13,18,20H,2-4,9-11H2,1H3,(H,30,33)/t18-,20?/m0/s1. The summed E-state index contributed by atoms with van der Waals surface area (Å²) in [5, 5.41) is 3.07. The molecule has 2 aliphatic rings. The molecule has 10 heteroatoms. The van der Waals surface area contributed by atoms with E-state index >= 15 is 0 Å². The Labute approximate surface area is 221 Å². The summed E-state index contributed by atoms with van der Waals surface area (Å²) < 4.78 is 5.01. The average molecular weight is 581 g/mol. The van der Waals surface area contributed by atoms with Gasteiger partial charge in [0.2, 0.25) is 0 Å². The van der Waals surface area contributed by atoms with E-state index in [1.165, 1.54) is 19.5 Å². The fourth-order valence-corrected chi connectivity index (χ4v) is 6.29. The van der Waals surface area contributed by atoms with Gasteiger partial charge in [-0.2, -0.15) is 0 Å². The van der Waals surface area contributed by atoms with Crippen LogP contribution in [0.15, 0.2) is 41.7 Å². The van der Waals surface area contributed by atoms with Crippen LogP contribution in [0.4, 0.5) is 5.69 Å². The quantitative estimate of drug-likeness (QED) is 0.361. The maximum absolute atomic E-state index is 12.7. The summed E-state index contributed by atoms with van der Waals surface area (Å²) in [6.45, 7) is 0. The van der Waals surface area contributed by atoms with E-state index in [1.54, 1.807) is 24.3 Å². The topological polar surface area (TPSA) is 97.7 Å². The van der Waals surface area contributed by atoms with Crippen LogP contribution in [0, 0.1) is 5.41 Å². The Hall–Kier alpha value is -2.29. The zero-order valence-electron chi connectivity index (χ0n) is 19.0. The third kappa shape index (κ3) is 5.15. The Kier molecular flexibility index (Phi) is 7.93.